The second kappa shape index (κ2) is 7.29. The summed E-state index contributed by atoms with van der Waals surface area (Å²) in [7, 11) is 1.25. The average Bonchev–Trinajstić information content (AvgIpc) is 2.79. The third-order valence-corrected chi connectivity index (χ3v) is 4.26. The lowest BCUT2D eigenvalue weighted by Gasteiger charge is -2.24. The lowest BCUT2D eigenvalue weighted by atomic mass is 9.93. The zero-order valence-electron chi connectivity index (χ0n) is 15.2. The molecule has 1 aliphatic rings. The molecule has 0 bridgehead atoms. The number of benzene rings is 1. The standard InChI is InChI=1S/C19H22N2O5/c1-19(2)12-25-10-9-21-16(22)15(14(17(23)24-3)20-18(19)21)26-11-13-7-5-4-6-8-13/h4-8H,9-12H2,1-3H3. The van der Waals surface area contributed by atoms with Crippen LogP contribution in [0.3, 0.4) is 0 Å². The van der Waals surface area contributed by atoms with Gasteiger partial charge in [-0.3, -0.25) is 9.36 Å². The molecule has 0 spiro atoms. The highest BCUT2D eigenvalue weighted by molar-refractivity contribution is 5.90. The van der Waals surface area contributed by atoms with Crippen molar-refractivity contribution in [1.82, 2.24) is 9.55 Å². The first kappa shape index (κ1) is 18.1. The Morgan fingerprint density at radius 1 is 1.31 bits per heavy atom. The number of hydrogen-bond acceptors (Lipinski definition) is 6. The van der Waals surface area contributed by atoms with Crippen molar-refractivity contribution in [2.45, 2.75) is 32.4 Å². The topological polar surface area (TPSA) is 79.7 Å². The van der Waals surface area contributed by atoms with Crippen LogP contribution >= 0.6 is 0 Å². The van der Waals surface area contributed by atoms with Gasteiger partial charge in [0.1, 0.15) is 12.4 Å². The van der Waals surface area contributed by atoms with Crippen molar-refractivity contribution in [1.29, 1.82) is 0 Å². The quantitative estimate of drug-likeness (QED) is 0.777. The number of methoxy groups -OCH3 is 1. The van der Waals surface area contributed by atoms with E-state index in [1.54, 1.807) is 0 Å². The minimum absolute atomic E-state index is 0.0952. The number of fused-ring (bicyclic) bond motifs is 1. The van der Waals surface area contributed by atoms with Crippen LogP contribution in [0.4, 0.5) is 0 Å². The van der Waals surface area contributed by atoms with E-state index in [2.05, 4.69) is 4.98 Å². The van der Waals surface area contributed by atoms with E-state index in [0.29, 0.717) is 25.6 Å². The largest absolute Gasteiger partial charge is 0.481 e. The highest BCUT2D eigenvalue weighted by Crippen LogP contribution is 2.26. The van der Waals surface area contributed by atoms with Crippen LogP contribution in [0.2, 0.25) is 0 Å². The summed E-state index contributed by atoms with van der Waals surface area (Å²) < 4.78 is 17.6. The molecule has 0 radical (unpaired) electrons. The van der Waals surface area contributed by atoms with Gasteiger partial charge in [-0.05, 0) is 5.56 Å². The third-order valence-electron chi connectivity index (χ3n) is 4.26. The predicted molar refractivity (Wildman–Crippen MR) is 94.5 cm³/mol. The van der Waals surface area contributed by atoms with Gasteiger partial charge in [-0.15, -0.1) is 0 Å². The van der Waals surface area contributed by atoms with Crippen LogP contribution in [0.15, 0.2) is 35.1 Å². The number of carbonyl (C=O) groups is 1. The fraction of sp³-hybridized carbons (Fsp3) is 0.421. The number of rotatable bonds is 4. The molecule has 138 valence electrons. The van der Waals surface area contributed by atoms with E-state index in [1.165, 1.54) is 11.7 Å². The van der Waals surface area contributed by atoms with Gasteiger partial charge in [0.15, 0.2) is 5.69 Å². The third kappa shape index (κ3) is 3.48. The van der Waals surface area contributed by atoms with Crippen LogP contribution in [-0.4, -0.2) is 35.8 Å². The van der Waals surface area contributed by atoms with Crippen molar-refractivity contribution >= 4 is 5.97 Å². The van der Waals surface area contributed by atoms with Crippen molar-refractivity contribution < 1.29 is 19.0 Å². The molecule has 1 aromatic carbocycles. The maximum Gasteiger partial charge on any atom is 0.360 e. The molecule has 0 atom stereocenters. The molecule has 0 saturated heterocycles. The summed E-state index contributed by atoms with van der Waals surface area (Å²) in [6, 6.07) is 9.40. The van der Waals surface area contributed by atoms with E-state index in [-0.39, 0.29) is 18.1 Å². The molecular weight excluding hydrogens is 336 g/mol. The van der Waals surface area contributed by atoms with Crippen LogP contribution < -0.4 is 10.3 Å². The number of carbonyl (C=O) groups excluding carboxylic acids is 1. The summed E-state index contributed by atoms with van der Waals surface area (Å²) in [4.78, 5) is 29.7. The molecule has 2 heterocycles. The molecule has 7 nitrogen and oxygen atoms in total. The van der Waals surface area contributed by atoms with Crippen molar-refractivity contribution in [3.8, 4) is 5.75 Å². The highest BCUT2D eigenvalue weighted by atomic mass is 16.5. The maximum atomic E-state index is 13.1. The molecule has 2 aromatic rings. The summed E-state index contributed by atoms with van der Waals surface area (Å²) >= 11 is 0. The van der Waals surface area contributed by atoms with Gasteiger partial charge in [0.25, 0.3) is 5.56 Å². The fourth-order valence-corrected chi connectivity index (χ4v) is 2.90. The van der Waals surface area contributed by atoms with Crippen LogP contribution in [0.25, 0.3) is 0 Å². The minimum atomic E-state index is -0.700. The van der Waals surface area contributed by atoms with Crippen molar-refractivity contribution in [2.24, 2.45) is 0 Å². The first-order valence-electron chi connectivity index (χ1n) is 8.42. The Kier molecular flexibility index (Phi) is 5.08. The van der Waals surface area contributed by atoms with Gasteiger partial charge in [0.05, 0.1) is 26.9 Å². The van der Waals surface area contributed by atoms with Gasteiger partial charge in [0.2, 0.25) is 5.75 Å². The lowest BCUT2D eigenvalue weighted by Crippen LogP contribution is -2.35. The van der Waals surface area contributed by atoms with Crippen LogP contribution in [0.1, 0.15) is 35.7 Å². The number of ether oxygens (including phenoxy) is 3. The van der Waals surface area contributed by atoms with E-state index < -0.39 is 16.9 Å². The Labute approximate surface area is 151 Å². The molecule has 0 fully saturated rings. The Hall–Kier alpha value is -2.67. The summed E-state index contributed by atoms with van der Waals surface area (Å²) in [5.41, 5.74) is -0.137. The first-order chi connectivity index (χ1) is 12.4. The van der Waals surface area contributed by atoms with E-state index in [1.807, 2.05) is 44.2 Å². The van der Waals surface area contributed by atoms with Crippen LogP contribution in [0, 0.1) is 0 Å². The second-order valence-corrected chi connectivity index (χ2v) is 6.77. The van der Waals surface area contributed by atoms with Gasteiger partial charge in [-0.1, -0.05) is 44.2 Å². The summed E-state index contributed by atoms with van der Waals surface area (Å²) in [5, 5.41) is 0. The van der Waals surface area contributed by atoms with Crippen LogP contribution in [0.5, 0.6) is 5.75 Å². The monoisotopic (exact) mass is 358 g/mol. The number of aromatic nitrogens is 2. The van der Waals surface area contributed by atoms with Gasteiger partial charge in [-0.2, -0.15) is 0 Å². The summed E-state index contributed by atoms with van der Waals surface area (Å²) in [5.74, 6) is -0.302. The second-order valence-electron chi connectivity index (χ2n) is 6.77. The molecule has 0 aliphatic carbocycles. The number of hydrogen-bond donors (Lipinski definition) is 0. The Bertz CT molecular complexity index is 858. The van der Waals surface area contributed by atoms with Crippen molar-refractivity contribution in [2.75, 3.05) is 20.3 Å². The highest BCUT2D eigenvalue weighted by Gasteiger charge is 2.33. The van der Waals surface area contributed by atoms with E-state index in [0.717, 1.165) is 5.56 Å². The SMILES string of the molecule is COC(=O)c1nc2n(c(=O)c1OCc1ccccc1)CCOCC2(C)C. The normalized spacial score (nSPS) is 15.7. The zero-order valence-corrected chi connectivity index (χ0v) is 15.2. The van der Waals surface area contributed by atoms with Crippen molar-refractivity contribution in [3.63, 3.8) is 0 Å². The van der Waals surface area contributed by atoms with Gasteiger partial charge >= 0.3 is 5.97 Å². The molecule has 1 aromatic heterocycles. The Morgan fingerprint density at radius 2 is 2.04 bits per heavy atom. The Morgan fingerprint density at radius 3 is 2.73 bits per heavy atom. The molecule has 7 heteroatoms. The fourth-order valence-electron chi connectivity index (χ4n) is 2.90. The minimum Gasteiger partial charge on any atom is -0.481 e. The van der Waals surface area contributed by atoms with E-state index in [4.69, 9.17) is 14.2 Å². The maximum absolute atomic E-state index is 13.1. The lowest BCUT2D eigenvalue weighted by molar-refractivity contribution is 0.0585. The average molecular weight is 358 g/mol. The molecule has 3 rings (SSSR count). The number of esters is 1. The Balaban J connectivity index is 2.09. The van der Waals surface area contributed by atoms with E-state index in [9.17, 15) is 9.59 Å². The number of nitrogens with zero attached hydrogens (tertiary/aromatic N) is 2. The molecule has 1 aliphatic heterocycles. The summed E-state index contributed by atoms with van der Waals surface area (Å²) in [6.45, 7) is 5.15. The molecule has 0 unspecified atom stereocenters. The van der Waals surface area contributed by atoms with Gasteiger partial charge in [0, 0.05) is 5.41 Å². The molecule has 0 saturated carbocycles. The molecule has 0 N–H and O–H groups in total. The van der Waals surface area contributed by atoms with Gasteiger partial charge < -0.3 is 14.2 Å². The smallest absolute Gasteiger partial charge is 0.360 e. The zero-order chi connectivity index (χ0) is 18.7. The molecule has 0 amide bonds. The van der Waals surface area contributed by atoms with E-state index >= 15 is 0 Å². The summed E-state index contributed by atoms with van der Waals surface area (Å²) in [6.07, 6.45) is 0. The van der Waals surface area contributed by atoms with Gasteiger partial charge in [-0.25, -0.2) is 9.78 Å². The molecular formula is C19H22N2O5. The van der Waals surface area contributed by atoms with Crippen molar-refractivity contribution in [3.05, 3.63) is 57.8 Å². The first-order valence-corrected chi connectivity index (χ1v) is 8.42. The molecule has 26 heavy (non-hydrogen) atoms. The predicted octanol–water partition coefficient (Wildman–Crippen LogP) is 1.92. The van der Waals surface area contributed by atoms with Crippen LogP contribution in [-0.2, 0) is 28.0 Å².